The lowest BCUT2D eigenvalue weighted by Crippen LogP contribution is -2.31. The van der Waals surface area contributed by atoms with E-state index >= 15 is 0 Å². The molecule has 1 heterocycles. The molecule has 1 unspecified atom stereocenters. The van der Waals surface area contributed by atoms with Crippen LogP contribution >= 0.6 is 0 Å². The summed E-state index contributed by atoms with van der Waals surface area (Å²) in [7, 11) is 0. The quantitative estimate of drug-likeness (QED) is 0.755. The number of rotatable bonds is 5. The normalized spacial score (nSPS) is 17.5. The number of benzene rings is 1. The largest absolute Gasteiger partial charge is 0.573 e. The average molecular weight is 385 g/mol. The van der Waals surface area contributed by atoms with E-state index in [1.807, 2.05) is 0 Å². The lowest BCUT2D eigenvalue weighted by atomic mass is 9.80. The van der Waals surface area contributed by atoms with Crippen molar-refractivity contribution in [1.29, 1.82) is 0 Å². The van der Waals surface area contributed by atoms with Crippen LogP contribution in [0.2, 0.25) is 0 Å². The number of aliphatic carboxylic acids is 1. The van der Waals surface area contributed by atoms with Gasteiger partial charge in [0.05, 0.1) is 23.7 Å². The molecule has 0 saturated carbocycles. The molecule has 0 spiro atoms. The molecule has 146 valence electrons. The van der Waals surface area contributed by atoms with Crippen molar-refractivity contribution in [3.8, 4) is 5.75 Å². The Morgan fingerprint density at radius 1 is 1.19 bits per heavy atom. The summed E-state index contributed by atoms with van der Waals surface area (Å²) in [5.41, 5.74) is 0.664. The highest BCUT2D eigenvalue weighted by Gasteiger charge is 2.38. The standard InChI is InChI=1S/C18H18F3NO5/c1-4-26-17(25)14-10(3)22-9(2)13(16(23)24)15(14)11-6-5-7-12(8-11)27-18(19,20)21/h5-8,15,22H,4H2,1-3H3,(H,23,24). The van der Waals surface area contributed by atoms with Gasteiger partial charge in [-0.15, -0.1) is 13.2 Å². The minimum atomic E-state index is -4.90. The fraction of sp³-hybridized carbons (Fsp3) is 0.333. The van der Waals surface area contributed by atoms with Gasteiger partial charge in [0.2, 0.25) is 0 Å². The molecule has 0 aromatic heterocycles. The zero-order valence-electron chi connectivity index (χ0n) is 14.8. The van der Waals surface area contributed by atoms with Crippen molar-refractivity contribution in [2.75, 3.05) is 6.61 Å². The SMILES string of the molecule is CCOC(=O)C1=C(C)NC(C)=C(C(=O)O)C1c1cccc(OC(F)(F)F)c1. The fourth-order valence-electron chi connectivity index (χ4n) is 2.98. The number of carboxylic acids is 1. The van der Waals surface area contributed by atoms with Gasteiger partial charge in [0.15, 0.2) is 0 Å². The molecule has 1 atom stereocenters. The Labute approximate surface area is 153 Å². The van der Waals surface area contributed by atoms with Crippen LogP contribution in [-0.4, -0.2) is 30.0 Å². The number of hydrogen-bond acceptors (Lipinski definition) is 5. The summed E-state index contributed by atoms with van der Waals surface area (Å²) in [6, 6.07) is 4.88. The number of ether oxygens (including phenoxy) is 2. The first-order chi connectivity index (χ1) is 12.5. The number of carbonyl (C=O) groups excluding carboxylic acids is 1. The maximum Gasteiger partial charge on any atom is 0.573 e. The Bertz CT molecular complexity index is 827. The second-order valence-electron chi connectivity index (χ2n) is 5.78. The lowest BCUT2D eigenvalue weighted by molar-refractivity contribution is -0.274. The van der Waals surface area contributed by atoms with Gasteiger partial charge in [-0.05, 0) is 38.5 Å². The third kappa shape index (κ3) is 4.60. The number of nitrogens with one attached hydrogen (secondary N) is 1. The number of carboxylic acid groups (broad SMARTS) is 1. The van der Waals surface area contributed by atoms with Crippen LogP contribution in [0.15, 0.2) is 46.8 Å². The molecule has 2 rings (SSSR count). The summed E-state index contributed by atoms with van der Waals surface area (Å²) < 4.78 is 46.5. The van der Waals surface area contributed by atoms with Crippen LogP contribution in [0.4, 0.5) is 13.2 Å². The van der Waals surface area contributed by atoms with Crippen molar-refractivity contribution < 1.29 is 37.3 Å². The summed E-state index contributed by atoms with van der Waals surface area (Å²) in [6.07, 6.45) is -4.90. The van der Waals surface area contributed by atoms with E-state index in [2.05, 4.69) is 10.1 Å². The molecule has 27 heavy (non-hydrogen) atoms. The van der Waals surface area contributed by atoms with Crippen LogP contribution in [0, 0.1) is 0 Å². The highest BCUT2D eigenvalue weighted by atomic mass is 19.4. The number of alkyl halides is 3. The van der Waals surface area contributed by atoms with Crippen LogP contribution in [0.25, 0.3) is 0 Å². The first-order valence-electron chi connectivity index (χ1n) is 7.99. The summed E-state index contributed by atoms with van der Waals surface area (Å²) in [4.78, 5) is 24.2. The molecule has 1 aliphatic heterocycles. The maximum atomic E-state index is 12.5. The average Bonchev–Trinajstić information content (AvgIpc) is 2.52. The highest BCUT2D eigenvalue weighted by molar-refractivity contribution is 5.99. The molecule has 6 nitrogen and oxygen atoms in total. The molecular formula is C18H18F3NO5. The Hall–Kier alpha value is -2.97. The van der Waals surface area contributed by atoms with E-state index in [0.29, 0.717) is 5.70 Å². The van der Waals surface area contributed by atoms with E-state index in [4.69, 9.17) is 4.74 Å². The summed E-state index contributed by atoms with van der Waals surface area (Å²) in [6.45, 7) is 4.73. The number of carbonyl (C=O) groups is 2. The predicted molar refractivity (Wildman–Crippen MR) is 88.7 cm³/mol. The summed E-state index contributed by atoms with van der Waals surface area (Å²) in [5, 5.41) is 12.4. The molecule has 0 bridgehead atoms. The minimum Gasteiger partial charge on any atom is -0.478 e. The van der Waals surface area contributed by atoms with Crippen LogP contribution in [0.3, 0.4) is 0 Å². The van der Waals surface area contributed by atoms with Crippen LogP contribution in [0.5, 0.6) is 5.75 Å². The molecule has 0 amide bonds. The van der Waals surface area contributed by atoms with E-state index < -0.39 is 30.0 Å². The van der Waals surface area contributed by atoms with Gasteiger partial charge >= 0.3 is 18.3 Å². The van der Waals surface area contributed by atoms with Crippen molar-refractivity contribution in [2.45, 2.75) is 33.1 Å². The van der Waals surface area contributed by atoms with Gasteiger partial charge in [0.1, 0.15) is 5.75 Å². The molecule has 1 aromatic carbocycles. The first-order valence-corrected chi connectivity index (χ1v) is 7.99. The number of allylic oxidation sites excluding steroid dienone is 2. The van der Waals surface area contributed by atoms with E-state index in [1.165, 1.54) is 19.1 Å². The Morgan fingerprint density at radius 2 is 1.81 bits per heavy atom. The topological polar surface area (TPSA) is 84.9 Å². The van der Waals surface area contributed by atoms with E-state index in [1.54, 1.807) is 13.8 Å². The van der Waals surface area contributed by atoms with Crippen molar-refractivity contribution in [3.05, 3.63) is 52.4 Å². The van der Waals surface area contributed by atoms with E-state index in [9.17, 15) is 27.9 Å². The van der Waals surface area contributed by atoms with Gasteiger partial charge in [0, 0.05) is 11.4 Å². The molecule has 2 N–H and O–H groups in total. The fourth-order valence-corrected chi connectivity index (χ4v) is 2.98. The van der Waals surface area contributed by atoms with Gasteiger partial charge in [-0.1, -0.05) is 12.1 Å². The Morgan fingerprint density at radius 3 is 2.37 bits per heavy atom. The zero-order chi connectivity index (χ0) is 20.4. The molecule has 1 aromatic rings. The van der Waals surface area contributed by atoms with Crippen LogP contribution < -0.4 is 10.1 Å². The van der Waals surface area contributed by atoms with Crippen molar-refractivity contribution in [3.63, 3.8) is 0 Å². The van der Waals surface area contributed by atoms with Gasteiger partial charge < -0.3 is 19.9 Å². The van der Waals surface area contributed by atoms with Gasteiger partial charge in [-0.2, -0.15) is 0 Å². The molecule has 0 saturated heterocycles. The number of esters is 1. The number of dihydropyridines is 1. The summed E-state index contributed by atoms with van der Waals surface area (Å²) >= 11 is 0. The third-order valence-corrected chi connectivity index (χ3v) is 3.91. The predicted octanol–water partition coefficient (Wildman–Crippen LogP) is 3.47. The summed E-state index contributed by atoms with van der Waals surface area (Å²) in [5.74, 6) is -3.68. The zero-order valence-corrected chi connectivity index (χ0v) is 14.8. The first kappa shape index (κ1) is 20.3. The molecule has 1 aliphatic rings. The van der Waals surface area contributed by atoms with Gasteiger partial charge in [-0.3, -0.25) is 0 Å². The van der Waals surface area contributed by atoms with Gasteiger partial charge in [0.25, 0.3) is 0 Å². The molecular weight excluding hydrogens is 367 g/mol. The molecule has 0 radical (unpaired) electrons. The van der Waals surface area contributed by atoms with Crippen molar-refractivity contribution >= 4 is 11.9 Å². The second kappa shape index (κ2) is 7.73. The monoisotopic (exact) mass is 385 g/mol. The molecule has 9 heteroatoms. The van der Waals surface area contributed by atoms with E-state index in [0.717, 1.165) is 12.1 Å². The highest BCUT2D eigenvalue weighted by Crippen LogP contribution is 2.40. The smallest absolute Gasteiger partial charge is 0.478 e. The van der Waals surface area contributed by atoms with Crippen molar-refractivity contribution in [1.82, 2.24) is 5.32 Å². The second-order valence-corrected chi connectivity index (χ2v) is 5.78. The van der Waals surface area contributed by atoms with Crippen LogP contribution in [0.1, 0.15) is 32.3 Å². The minimum absolute atomic E-state index is 0.0176. The van der Waals surface area contributed by atoms with Crippen molar-refractivity contribution in [2.24, 2.45) is 0 Å². The number of hydrogen-bond donors (Lipinski definition) is 2. The number of halogens is 3. The van der Waals surface area contributed by atoms with E-state index in [-0.39, 0.29) is 29.0 Å². The Kier molecular flexibility index (Phi) is 5.82. The lowest BCUT2D eigenvalue weighted by Gasteiger charge is -2.29. The maximum absolute atomic E-state index is 12.5. The molecule has 0 aliphatic carbocycles. The van der Waals surface area contributed by atoms with Gasteiger partial charge in [-0.25, -0.2) is 9.59 Å². The third-order valence-electron chi connectivity index (χ3n) is 3.91. The molecule has 0 fully saturated rings. The Balaban J connectivity index is 2.62. The van der Waals surface area contributed by atoms with Crippen LogP contribution in [-0.2, 0) is 14.3 Å².